The number of carbonyl (C=O) groups excluding carboxylic acids is 1. The van der Waals surface area contributed by atoms with Gasteiger partial charge in [-0.2, -0.15) is 8.75 Å². The Morgan fingerprint density at radius 3 is 1.80 bits per heavy atom. The molecule has 0 saturated carbocycles. The lowest BCUT2D eigenvalue weighted by Crippen LogP contribution is -2.09. The average molecular weight is 407 g/mol. The van der Waals surface area contributed by atoms with Crippen molar-refractivity contribution in [2.45, 2.75) is 0 Å². The molecule has 0 amide bonds. The summed E-state index contributed by atoms with van der Waals surface area (Å²) in [6.45, 7) is 0. The van der Waals surface area contributed by atoms with Gasteiger partial charge in [-0.1, -0.05) is 54.6 Å². The van der Waals surface area contributed by atoms with Gasteiger partial charge in [0.25, 0.3) is 0 Å². The van der Waals surface area contributed by atoms with Gasteiger partial charge in [0.05, 0.1) is 11.7 Å². The molecule has 0 N–H and O–H groups in total. The van der Waals surface area contributed by atoms with Gasteiger partial charge in [-0.3, -0.25) is 4.79 Å². The third kappa shape index (κ3) is 3.25. The van der Waals surface area contributed by atoms with Gasteiger partial charge in [-0.15, -0.1) is 0 Å². The normalized spacial score (nSPS) is 10.8. The average Bonchev–Trinajstić information content (AvgIpc) is 3.31. The molecule has 0 radical (unpaired) electrons. The summed E-state index contributed by atoms with van der Waals surface area (Å²) in [6, 6.07) is 32.7. The fourth-order valence-electron chi connectivity index (χ4n) is 3.61. The number of para-hydroxylation sites is 2. The molecule has 0 atom stereocenters. The molecule has 4 aromatic carbocycles. The number of benzene rings is 4. The summed E-state index contributed by atoms with van der Waals surface area (Å²) in [5, 5.41) is 0. The number of rotatable bonds is 5. The summed E-state index contributed by atoms with van der Waals surface area (Å²) in [5.41, 5.74) is 7.26. The number of anilines is 3. The molecule has 0 aliphatic rings. The lowest BCUT2D eigenvalue weighted by Gasteiger charge is -2.25. The van der Waals surface area contributed by atoms with Gasteiger partial charge in [-0.05, 0) is 48.0 Å². The molecule has 0 saturated heterocycles. The van der Waals surface area contributed by atoms with E-state index in [0.29, 0.717) is 11.1 Å². The van der Waals surface area contributed by atoms with E-state index in [0.717, 1.165) is 51.7 Å². The van der Waals surface area contributed by atoms with E-state index in [-0.39, 0.29) is 0 Å². The number of carbonyl (C=O) groups is 1. The molecule has 0 fully saturated rings. The second kappa shape index (κ2) is 7.89. The first-order chi connectivity index (χ1) is 14.8. The standard InChI is InChI=1S/C25H17N3OS/c29-17-19-13-16-23(25-24(19)26-30-27-25)18-11-14-22(15-12-18)28(20-7-3-1-4-8-20)21-9-5-2-6-10-21/h1-17H. The molecule has 5 aromatic rings. The zero-order valence-electron chi connectivity index (χ0n) is 16.0. The largest absolute Gasteiger partial charge is 0.311 e. The summed E-state index contributed by atoms with van der Waals surface area (Å²) in [7, 11) is 0. The Balaban J connectivity index is 1.58. The summed E-state index contributed by atoms with van der Waals surface area (Å²) >= 11 is 1.13. The SMILES string of the molecule is O=Cc1ccc(-c2ccc(N(c3ccccc3)c3ccccc3)cc2)c2nsnc12. The Morgan fingerprint density at radius 2 is 1.20 bits per heavy atom. The maximum atomic E-state index is 11.3. The molecule has 5 heteroatoms. The van der Waals surface area contributed by atoms with Crippen LogP contribution in [0.5, 0.6) is 0 Å². The van der Waals surface area contributed by atoms with E-state index in [1.165, 1.54) is 0 Å². The minimum absolute atomic E-state index is 0.568. The van der Waals surface area contributed by atoms with Crippen LogP contribution in [0.25, 0.3) is 22.2 Å². The van der Waals surface area contributed by atoms with Gasteiger partial charge in [0.2, 0.25) is 0 Å². The van der Waals surface area contributed by atoms with E-state index in [1.54, 1.807) is 6.07 Å². The smallest absolute Gasteiger partial charge is 0.152 e. The van der Waals surface area contributed by atoms with Crippen molar-refractivity contribution in [2.24, 2.45) is 0 Å². The molecule has 0 aliphatic carbocycles. The van der Waals surface area contributed by atoms with Gasteiger partial charge in [0, 0.05) is 28.2 Å². The van der Waals surface area contributed by atoms with Crippen molar-refractivity contribution in [3.8, 4) is 11.1 Å². The molecule has 1 heterocycles. The Morgan fingerprint density at radius 1 is 0.633 bits per heavy atom. The van der Waals surface area contributed by atoms with E-state index in [2.05, 4.69) is 62.2 Å². The van der Waals surface area contributed by atoms with Crippen molar-refractivity contribution in [3.63, 3.8) is 0 Å². The zero-order valence-corrected chi connectivity index (χ0v) is 16.8. The Hall–Kier alpha value is -3.83. The predicted molar refractivity (Wildman–Crippen MR) is 123 cm³/mol. The van der Waals surface area contributed by atoms with Crippen molar-refractivity contribution in [3.05, 3.63) is 103 Å². The van der Waals surface area contributed by atoms with Crippen LogP contribution < -0.4 is 4.90 Å². The quantitative estimate of drug-likeness (QED) is 0.306. The Labute approximate surface area is 178 Å². The second-order valence-electron chi connectivity index (χ2n) is 6.84. The number of hydrogen-bond acceptors (Lipinski definition) is 5. The monoisotopic (exact) mass is 407 g/mol. The van der Waals surface area contributed by atoms with Crippen LogP contribution in [0.15, 0.2) is 97.1 Å². The maximum absolute atomic E-state index is 11.3. The molecule has 5 rings (SSSR count). The van der Waals surface area contributed by atoms with Gasteiger partial charge in [0.15, 0.2) is 6.29 Å². The Kier molecular flexibility index (Phi) is 4.79. The highest BCUT2D eigenvalue weighted by Crippen LogP contribution is 2.36. The number of hydrogen-bond donors (Lipinski definition) is 0. The highest BCUT2D eigenvalue weighted by atomic mass is 32.1. The third-order valence-electron chi connectivity index (χ3n) is 5.04. The summed E-state index contributed by atoms with van der Waals surface area (Å²) in [4.78, 5) is 13.5. The highest BCUT2D eigenvalue weighted by Gasteiger charge is 2.14. The molecule has 4 nitrogen and oxygen atoms in total. The number of fused-ring (bicyclic) bond motifs is 1. The lowest BCUT2D eigenvalue weighted by atomic mass is 10.0. The first kappa shape index (κ1) is 18.2. The molecular formula is C25H17N3OS. The lowest BCUT2D eigenvalue weighted by molar-refractivity contribution is 0.112. The van der Waals surface area contributed by atoms with Gasteiger partial charge >= 0.3 is 0 Å². The molecule has 0 spiro atoms. The number of nitrogens with zero attached hydrogens (tertiary/aromatic N) is 3. The van der Waals surface area contributed by atoms with Crippen molar-refractivity contribution in [2.75, 3.05) is 4.90 Å². The van der Waals surface area contributed by atoms with Crippen molar-refractivity contribution in [1.82, 2.24) is 8.75 Å². The molecule has 30 heavy (non-hydrogen) atoms. The molecule has 0 aliphatic heterocycles. The van der Waals surface area contributed by atoms with E-state index >= 15 is 0 Å². The van der Waals surface area contributed by atoms with Crippen LogP contribution in [-0.2, 0) is 0 Å². The first-order valence-electron chi connectivity index (χ1n) is 9.56. The molecular weight excluding hydrogens is 390 g/mol. The van der Waals surface area contributed by atoms with Crippen LogP contribution in [0.4, 0.5) is 17.1 Å². The fraction of sp³-hybridized carbons (Fsp3) is 0. The van der Waals surface area contributed by atoms with Crippen LogP contribution in [0.3, 0.4) is 0 Å². The van der Waals surface area contributed by atoms with Gasteiger partial charge < -0.3 is 4.90 Å². The number of aromatic nitrogens is 2. The Bertz CT molecular complexity index is 1260. The summed E-state index contributed by atoms with van der Waals surface area (Å²) < 4.78 is 8.71. The van der Waals surface area contributed by atoms with E-state index in [4.69, 9.17) is 0 Å². The van der Waals surface area contributed by atoms with Crippen LogP contribution >= 0.6 is 11.7 Å². The van der Waals surface area contributed by atoms with Crippen LogP contribution in [0, 0.1) is 0 Å². The van der Waals surface area contributed by atoms with Gasteiger partial charge in [-0.25, -0.2) is 0 Å². The van der Waals surface area contributed by atoms with E-state index < -0.39 is 0 Å². The highest BCUT2D eigenvalue weighted by molar-refractivity contribution is 7.00. The minimum Gasteiger partial charge on any atom is -0.311 e. The molecule has 144 valence electrons. The fourth-order valence-corrected chi connectivity index (χ4v) is 4.19. The summed E-state index contributed by atoms with van der Waals surface area (Å²) in [5.74, 6) is 0. The molecule has 0 bridgehead atoms. The zero-order chi connectivity index (χ0) is 20.3. The topological polar surface area (TPSA) is 46.1 Å². The molecule has 0 unspecified atom stereocenters. The van der Waals surface area contributed by atoms with Crippen LogP contribution in [0.2, 0.25) is 0 Å². The van der Waals surface area contributed by atoms with Crippen molar-refractivity contribution >= 4 is 46.1 Å². The van der Waals surface area contributed by atoms with Gasteiger partial charge in [0.1, 0.15) is 11.0 Å². The number of aldehydes is 1. The van der Waals surface area contributed by atoms with Crippen LogP contribution in [-0.4, -0.2) is 15.0 Å². The van der Waals surface area contributed by atoms with E-state index in [1.807, 2.05) is 42.5 Å². The minimum atomic E-state index is 0.568. The third-order valence-corrected chi connectivity index (χ3v) is 5.57. The van der Waals surface area contributed by atoms with Crippen molar-refractivity contribution < 1.29 is 4.79 Å². The second-order valence-corrected chi connectivity index (χ2v) is 7.36. The maximum Gasteiger partial charge on any atom is 0.152 e. The van der Waals surface area contributed by atoms with Crippen molar-refractivity contribution in [1.29, 1.82) is 0 Å². The summed E-state index contributed by atoms with van der Waals surface area (Å²) in [6.07, 6.45) is 0.828. The molecule has 1 aromatic heterocycles. The van der Waals surface area contributed by atoms with E-state index in [9.17, 15) is 4.79 Å². The van der Waals surface area contributed by atoms with Crippen LogP contribution in [0.1, 0.15) is 10.4 Å². The predicted octanol–water partition coefficient (Wildman–Crippen LogP) is 6.64. The first-order valence-corrected chi connectivity index (χ1v) is 10.3.